The molecular formula is C16H23N. The Balaban J connectivity index is 1.81. The highest BCUT2D eigenvalue weighted by molar-refractivity contribution is 5.30. The molecule has 0 spiro atoms. The van der Waals surface area contributed by atoms with Crippen LogP contribution in [0.25, 0.3) is 0 Å². The lowest BCUT2D eigenvalue weighted by Gasteiger charge is -2.31. The molecule has 1 aliphatic heterocycles. The molecule has 17 heavy (non-hydrogen) atoms. The van der Waals surface area contributed by atoms with Gasteiger partial charge in [0.05, 0.1) is 0 Å². The van der Waals surface area contributed by atoms with Crippen LogP contribution in [0.5, 0.6) is 0 Å². The van der Waals surface area contributed by atoms with Crippen LogP contribution >= 0.6 is 0 Å². The predicted molar refractivity (Wildman–Crippen MR) is 72.4 cm³/mol. The highest BCUT2D eigenvalue weighted by Gasteiger charge is 2.24. The van der Waals surface area contributed by atoms with Crippen LogP contribution in [0.2, 0.25) is 0 Å². The van der Waals surface area contributed by atoms with E-state index in [0.29, 0.717) is 0 Å². The molecule has 92 valence electrons. The van der Waals surface area contributed by atoms with Crippen molar-refractivity contribution in [1.82, 2.24) is 5.32 Å². The van der Waals surface area contributed by atoms with E-state index in [1.54, 1.807) is 11.1 Å². The number of benzene rings is 1. The molecule has 1 heteroatoms. The average Bonchev–Trinajstić information content (AvgIpc) is 2.28. The van der Waals surface area contributed by atoms with Crippen molar-refractivity contribution >= 4 is 0 Å². The third-order valence-electron chi connectivity index (χ3n) is 4.74. The van der Waals surface area contributed by atoms with Crippen LogP contribution in [-0.2, 0) is 0 Å². The fourth-order valence-electron chi connectivity index (χ4n) is 3.22. The van der Waals surface area contributed by atoms with Gasteiger partial charge in [-0.25, -0.2) is 0 Å². The Kier molecular flexibility index (Phi) is 3.19. The van der Waals surface area contributed by atoms with Gasteiger partial charge in [-0.05, 0) is 54.7 Å². The Morgan fingerprint density at radius 2 is 1.94 bits per heavy atom. The molecule has 2 atom stereocenters. The summed E-state index contributed by atoms with van der Waals surface area (Å²) in [6.45, 7) is 4.76. The lowest BCUT2D eigenvalue weighted by Crippen LogP contribution is -2.33. The van der Waals surface area contributed by atoms with Crippen molar-refractivity contribution in [1.29, 1.82) is 0 Å². The van der Waals surface area contributed by atoms with Gasteiger partial charge in [-0.15, -0.1) is 0 Å². The SMILES string of the molecule is CC1CCNCC1c1cccc(C2CCC2)c1. The Labute approximate surface area is 105 Å². The van der Waals surface area contributed by atoms with Crippen LogP contribution in [0.3, 0.4) is 0 Å². The third-order valence-corrected chi connectivity index (χ3v) is 4.74. The first-order valence-corrected chi connectivity index (χ1v) is 7.15. The third kappa shape index (κ3) is 2.26. The van der Waals surface area contributed by atoms with Gasteiger partial charge in [0, 0.05) is 6.54 Å². The molecule has 0 radical (unpaired) electrons. The molecule has 2 aliphatic rings. The zero-order valence-corrected chi connectivity index (χ0v) is 10.8. The normalized spacial score (nSPS) is 29.9. The maximum absolute atomic E-state index is 3.54. The minimum Gasteiger partial charge on any atom is -0.316 e. The molecule has 2 unspecified atom stereocenters. The van der Waals surface area contributed by atoms with Gasteiger partial charge in [0.2, 0.25) is 0 Å². The predicted octanol–water partition coefficient (Wildman–Crippen LogP) is 3.67. The number of hydrogen-bond acceptors (Lipinski definition) is 1. The minimum atomic E-state index is 0.726. The van der Waals surface area contributed by atoms with Crippen molar-refractivity contribution in [2.75, 3.05) is 13.1 Å². The van der Waals surface area contributed by atoms with Crippen LogP contribution in [0.4, 0.5) is 0 Å². The lowest BCUT2D eigenvalue weighted by atomic mass is 9.77. The molecule has 1 saturated heterocycles. The smallest absolute Gasteiger partial charge is 0.00227 e. The summed E-state index contributed by atoms with van der Waals surface area (Å²) in [6, 6.07) is 9.41. The average molecular weight is 229 g/mol. The van der Waals surface area contributed by atoms with Crippen molar-refractivity contribution in [3.63, 3.8) is 0 Å². The summed E-state index contributed by atoms with van der Waals surface area (Å²) >= 11 is 0. The van der Waals surface area contributed by atoms with E-state index < -0.39 is 0 Å². The number of hydrogen-bond donors (Lipinski definition) is 1. The highest BCUT2D eigenvalue weighted by Crippen LogP contribution is 2.38. The van der Waals surface area contributed by atoms with E-state index in [2.05, 4.69) is 36.5 Å². The van der Waals surface area contributed by atoms with E-state index in [1.165, 1.54) is 32.2 Å². The number of nitrogens with one attached hydrogen (secondary N) is 1. The minimum absolute atomic E-state index is 0.726. The van der Waals surface area contributed by atoms with Crippen LogP contribution in [0.1, 0.15) is 55.6 Å². The summed E-state index contributed by atoms with van der Waals surface area (Å²) in [5.74, 6) is 2.42. The Bertz CT molecular complexity index is 381. The Hall–Kier alpha value is -0.820. The van der Waals surface area contributed by atoms with E-state index in [0.717, 1.165) is 24.3 Å². The molecule has 2 fully saturated rings. The highest BCUT2D eigenvalue weighted by atomic mass is 14.9. The second kappa shape index (κ2) is 4.81. The van der Waals surface area contributed by atoms with Crippen molar-refractivity contribution in [2.45, 2.75) is 44.4 Å². The van der Waals surface area contributed by atoms with Crippen molar-refractivity contribution in [2.24, 2.45) is 5.92 Å². The zero-order valence-electron chi connectivity index (χ0n) is 10.8. The van der Waals surface area contributed by atoms with E-state index >= 15 is 0 Å². The fraction of sp³-hybridized carbons (Fsp3) is 0.625. The first-order chi connectivity index (χ1) is 8.34. The molecule has 1 N–H and O–H groups in total. The van der Waals surface area contributed by atoms with Gasteiger partial charge in [0.1, 0.15) is 0 Å². The molecule has 1 aromatic rings. The lowest BCUT2D eigenvalue weighted by molar-refractivity contribution is 0.347. The maximum atomic E-state index is 3.54. The van der Waals surface area contributed by atoms with E-state index in [9.17, 15) is 0 Å². The summed E-state index contributed by atoms with van der Waals surface area (Å²) in [6.07, 6.45) is 5.55. The zero-order chi connectivity index (χ0) is 11.7. The first kappa shape index (κ1) is 11.3. The second-order valence-corrected chi connectivity index (χ2v) is 5.87. The molecule has 0 aromatic heterocycles. The van der Waals surface area contributed by atoms with Gasteiger partial charge < -0.3 is 5.32 Å². The van der Waals surface area contributed by atoms with E-state index in [1.807, 2.05) is 0 Å². The molecule has 0 bridgehead atoms. The fourth-order valence-corrected chi connectivity index (χ4v) is 3.22. The van der Waals surface area contributed by atoms with Crippen molar-refractivity contribution < 1.29 is 0 Å². The quantitative estimate of drug-likeness (QED) is 0.816. The van der Waals surface area contributed by atoms with Crippen LogP contribution in [-0.4, -0.2) is 13.1 Å². The Morgan fingerprint density at radius 3 is 2.65 bits per heavy atom. The van der Waals surface area contributed by atoms with Gasteiger partial charge >= 0.3 is 0 Å². The molecule has 1 heterocycles. The summed E-state index contributed by atoms with van der Waals surface area (Å²) in [7, 11) is 0. The molecule has 1 nitrogen and oxygen atoms in total. The van der Waals surface area contributed by atoms with Crippen molar-refractivity contribution in [3.05, 3.63) is 35.4 Å². The summed E-state index contributed by atoms with van der Waals surface area (Å²) < 4.78 is 0. The molecule has 3 rings (SSSR count). The van der Waals surface area contributed by atoms with E-state index in [4.69, 9.17) is 0 Å². The standard InChI is InChI=1S/C16H23N/c1-12-8-9-17-11-16(12)15-7-3-6-14(10-15)13-4-2-5-13/h3,6-7,10,12-13,16-17H,2,4-5,8-9,11H2,1H3. The first-order valence-electron chi connectivity index (χ1n) is 7.15. The molecule has 1 aliphatic carbocycles. The molecule has 1 saturated carbocycles. The van der Waals surface area contributed by atoms with E-state index in [-0.39, 0.29) is 0 Å². The Morgan fingerprint density at radius 1 is 1.12 bits per heavy atom. The van der Waals surface area contributed by atoms with Gasteiger partial charge in [-0.1, -0.05) is 37.6 Å². The molecule has 1 aromatic carbocycles. The largest absolute Gasteiger partial charge is 0.316 e. The monoisotopic (exact) mass is 229 g/mol. The summed E-state index contributed by atoms with van der Waals surface area (Å²) in [4.78, 5) is 0. The number of piperidine rings is 1. The second-order valence-electron chi connectivity index (χ2n) is 5.87. The topological polar surface area (TPSA) is 12.0 Å². The summed E-state index contributed by atoms with van der Waals surface area (Å²) in [5, 5.41) is 3.54. The number of rotatable bonds is 2. The maximum Gasteiger partial charge on any atom is 0.00227 e. The van der Waals surface area contributed by atoms with Crippen LogP contribution in [0, 0.1) is 5.92 Å². The van der Waals surface area contributed by atoms with Crippen LogP contribution in [0.15, 0.2) is 24.3 Å². The van der Waals surface area contributed by atoms with Crippen LogP contribution < -0.4 is 5.32 Å². The molecule has 0 amide bonds. The van der Waals surface area contributed by atoms with Crippen molar-refractivity contribution in [3.8, 4) is 0 Å². The summed E-state index contributed by atoms with van der Waals surface area (Å²) in [5.41, 5.74) is 3.15. The van der Waals surface area contributed by atoms with Gasteiger partial charge in [-0.2, -0.15) is 0 Å². The van der Waals surface area contributed by atoms with Gasteiger partial charge in [-0.3, -0.25) is 0 Å². The molecular weight excluding hydrogens is 206 g/mol. The van der Waals surface area contributed by atoms with Gasteiger partial charge in [0.25, 0.3) is 0 Å². The van der Waals surface area contributed by atoms with Gasteiger partial charge in [0.15, 0.2) is 0 Å².